The SMILES string of the molecule is CC(C)C1=Nc2cccc(C(C)C)c2C1. The summed E-state index contributed by atoms with van der Waals surface area (Å²) in [5, 5.41) is 0. The minimum Gasteiger partial charge on any atom is -0.257 e. The van der Waals surface area contributed by atoms with E-state index in [1.54, 1.807) is 0 Å². The van der Waals surface area contributed by atoms with Gasteiger partial charge >= 0.3 is 0 Å². The van der Waals surface area contributed by atoms with Crippen molar-refractivity contribution in [1.82, 2.24) is 0 Å². The molecule has 0 aliphatic carbocycles. The molecule has 1 aromatic rings. The zero-order chi connectivity index (χ0) is 11.0. The minimum atomic E-state index is 0.567. The van der Waals surface area contributed by atoms with Crippen molar-refractivity contribution in [2.75, 3.05) is 0 Å². The standard InChI is InChI=1S/C14H19N/c1-9(2)11-6-5-7-13-12(11)8-14(15-13)10(3)4/h5-7,9-10H,8H2,1-4H3. The van der Waals surface area contributed by atoms with Crippen molar-refractivity contribution >= 4 is 11.4 Å². The van der Waals surface area contributed by atoms with Crippen LogP contribution in [-0.2, 0) is 6.42 Å². The van der Waals surface area contributed by atoms with Gasteiger partial charge in [-0.2, -0.15) is 0 Å². The third-order valence-corrected chi connectivity index (χ3v) is 3.10. The molecule has 0 spiro atoms. The van der Waals surface area contributed by atoms with Crippen LogP contribution >= 0.6 is 0 Å². The fraction of sp³-hybridized carbons (Fsp3) is 0.500. The maximum absolute atomic E-state index is 4.71. The number of nitrogens with zero attached hydrogens (tertiary/aromatic N) is 1. The molecule has 0 saturated carbocycles. The Morgan fingerprint density at radius 2 is 1.80 bits per heavy atom. The third kappa shape index (κ3) is 1.83. The van der Waals surface area contributed by atoms with E-state index < -0.39 is 0 Å². The lowest BCUT2D eigenvalue weighted by Gasteiger charge is -2.11. The van der Waals surface area contributed by atoms with Crippen LogP contribution in [0.4, 0.5) is 5.69 Å². The van der Waals surface area contributed by atoms with E-state index in [0.29, 0.717) is 11.8 Å². The van der Waals surface area contributed by atoms with E-state index in [-0.39, 0.29) is 0 Å². The first kappa shape index (κ1) is 10.4. The molecule has 0 bridgehead atoms. The highest BCUT2D eigenvalue weighted by molar-refractivity contribution is 5.95. The zero-order valence-corrected chi connectivity index (χ0v) is 10.0. The summed E-state index contributed by atoms with van der Waals surface area (Å²) < 4.78 is 0. The molecule has 2 rings (SSSR count). The first-order valence-electron chi connectivity index (χ1n) is 5.79. The first-order chi connectivity index (χ1) is 7.09. The average Bonchev–Trinajstić information content (AvgIpc) is 2.60. The molecule has 0 radical (unpaired) electrons. The maximum atomic E-state index is 4.71. The van der Waals surface area contributed by atoms with Gasteiger partial charge in [-0.3, -0.25) is 4.99 Å². The quantitative estimate of drug-likeness (QED) is 0.683. The Kier molecular flexibility index (Phi) is 2.64. The van der Waals surface area contributed by atoms with E-state index in [4.69, 9.17) is 4.99 Å². The number of hydrogen-bond donors (Lipinski definition) is 0. The molecule has 1 nitrogen and oxygen atoms in total. The monoisotopic (exact) mass is 201 g/mol. The molecule has 1 heteroatoms. The second-order valence-electron chi connectivity index (χ2n) is 4.93. The van der Waals surface area contributed by atoms with E-state index in [2.05, 4.69) is 45.9 Å². The van der Waals surface area contributed by atoms with Crippen LogP contribution in [0.1, 0.15) is 44.7 Å². The van der Waals surface area contributed by atoms with Gasteiger partial charge in [-0.1, -0.05) is 39.8 Å². The van der Waals surface area contributed by atoms with Crippen LogP contribution in [0.5, 0.6) is 0 Å². The van der Waals surface area contributed by atoms with Crippen molar-refractivity contribution in [2.24, 2.45) is 10.9 Å². The number of fused-ring (bicyclic) bond motifs is 1. The molecule has 0 atom stereocenters. The molecular formula is C14H19N. The van der Waals surface area contributed by atoms with Crippen LogP contribution in [0.3, 0.4) is 0 Å². The lowest BCUT2D eigenvalue weighted by Crippen LogP contribution is -2.07. The summed E-state index contributed by atoms with van der Waals surface area (Å²) in [5.74, 6) is 1.17. The van der Waals surface area contributed by atoms with Crippen molar-refractivity contribution in [3.8, 4) is 0 Å². The molecule has 1 aliphatic heterocycles. The smallest absolute Gasteiger partial charge is 0.0667 e. The van der Waals surface area contributed by atoms with E-state index in [1.165, 1.54) is 22.5 Å². The summed E-state index contributed by atoms with van der Waals surface area (Å²) >= 11 is 0. The predicted octanol–water partition coefficient (Wildman–Crippen LogP) is 4.09. The fourth-order valence-corrected chi connectivity index (χ4v) is 2.14. The van der Waals surface area contributed by atoms with Gasteiger partial charge in [-0.25, -0.2) is 0 Å². The summed E-state index contributed by atoms with van der Waals surface area (Å²) in [5.41, 5.74) is 5.45. The molecular weight excluding hydrogens is 182 g/mol. The molecule has 0 fully saturated rings. The normalized spacial score (nSPS) is 14.7. The van der Waals surface area contributed by atoms with Gasteiger partial charge in [0.25, 0.3) is 0 Å². The molecule has 0 saturated heterocycles. The summed E-state index contributed by atoms with van der Waals surface area (Å²) in [4.78, 5) is 4.71. The molecule has 0 N–H and O–H groups in total. The average molecular weight is 201 g/mol. The van der Waals surface area contributed by atoms with Gasteiger partial charge in [0.2, 0.25) is 0 Å². The summed E-state index contributed by atoms with van der Waals surface area (Å²) in [6, 6.07) is 6.50. The highest BCUT2D eigenvalue weighted by atomic mass is 14.8. The van der Waals surface area contributed by atoms with E-state index in [1.807, 2.05) is 0 Å². The van der Waals surface area contributed by atoms with Crippen LogP contribution in [0.25, 0.3) is 0 Å². The third-order valence-electron chi connectivity index (χ3n) is 3.10. The van der Waals surface area contributed by atoms with Crippen LogP contribution in [0.15, 0.2) is 23.2 Å². The van der Waals surface area contributed by atoms with E-state index in [9.17, 15) is 0 Å². The van der Waals surface area contributed by atoms with Crippen molar-refractivity contribution in [1.29, 1.82) is 0 Å². The van der Waals surface area contributed by atoms with Crippen molar-refractivity contribution in [3.05, 3.63) is 29.3 Å². The molecule has 1 aliphatic rings. The number of benzene rings is 1. The molecule has 0 unspecified atom stereocenters. The summed E-state index contributed by atoms with van der Waals surface area (Å²) in [6.45, 7) is 8.95. The van der Waals surface area contributed by atoms with Gasteiger partial charge in [0.05, 0.1) is 5.69 Å². The molecule has 0 amide bonds. The topological polar surface area (TPSA) is 12.4 Å². The Balaban J connectivity index is 2.40. The van der Waals surface area contributed by atoms with Crippen molar-refractivity contribution in [2.45, 2.75) is 40.0 Å². The van der Waals surface area contributed by atoms with Crippen LogP contribution in [-0.4, -0.2) is 5.71 Å². The molecule has 15 heavy (non-hydrogen) atoms. The molecule has 1 heterocycles. The van der Waals surface area contributed by atoms with Crippen LogP contribution in [0, 0.1) is 5.92 Å². The van der Waals surface area contributed by atoms with Gasteiger partial charge in [0.1, 0.15) is 0 Å². The largest absolute Gasteiger partial charge is 0.257 e. The van der Waals surface area contributed by atoms with E-state index in [0.717, 1.165) is 6.42 Å². The Bertz CT molecular complexity index is 400. The lowest BCUT2D eigenvalue weighted by molar-refractivity contribution is 0.845. The Morgan fingerprint density at radius 1 is 1.07 bits per heavy atom. The number of hydrogen-bond acceptors (Lipinski definition) is 1. The van der Waals surface area contributed by atoms with Crippen LogP contribution in [0.2, 0.25) is 0 Å². The van der Waals surface area contributed by atoms with Crippen molar-refractivity contribution < 1.29 is 0 Å². The molecule has 1 aromatic carbocycles. The van der Waals surface area contributed by atoms with Crippen LogP contribution < -0.4 is 0 Å². The van der Waals surface area contributed by atoms with E-state index >= 15 is 0 Å². The number of rotatable bonds is 2. The predicted molar refractivity (Wildman–Crippen MR) is 66.2 cm³/mol. The highest BCUT2D eigenvalue weighted by Gasteiger charge is 2.20. The van der Waals surface area contributed by atoms with Gasteiger partial charge in [0, 0.05) is 12.1 Å². The number of aliphatic imine (C=N–C) groups is 1. The van der Waals surface area contributed by atoms with Gasteiger partial charge < -0.3 is 0 Å². The first-order valence-corrected chi connectivity index (χ1v) is 5.79. The highest BCUT2D eigenvalue weighted by Crippen LogP contribution is 2.34. The van der Waals surface area contributed by atoms with Gasteiger partial charge in [0.15, 0.2) is 0 Å². The van der Waals surface area contributed by atoms with Gasteiger partial charge in [-0.05, 0) is 29.0 Å². The fourth-order valence-electron chi connectivity index (χ4n) is 2.14. The Hall–Kier alpha value is -1.11. The van der Waals surface area contributed by atoms with Gasteiger partial charge in [-0.15, -0.1) is 0 Å². The second kappa shape index (κ2) is 3.80. The zero-order valence-electron chi connectivity index (χ0n) is 10.0. The molecule has 80 valence electrons. The van der Waals surface area contributed by atoms with Crippen molar-refractivity contribution in [3.63, 3.8) is 0 Å². The Morgan fingerprint density at radius 3 is 2.40 bits per heavy atom. The summed E-state index contributed by atoms with van der Waals surface area (Å²) in [6.07, 6.45) is 1.06. The lowest BCUT2D eigenvalue weighted by atomic mass is 9.93. The second-order valence-corrected chi connectivity index (χ2v) is 4.93. The minimum absolute atomic E-state index is 0.567. The molecule has 0 aromatic heterocycles. The Labute approximate surface area is 92.2 Å². The summed E-state index contributed by atoms with van der Waals surface area (Å²) in [7, 11) is 0. The maximum Gasteiger partial charge on any atom is 0.0667 e.